The van der Waals surface area contributed by atoms with Gasteiger partial charge in [0.2, 0.25) is 0 Å². The third-order valence-electron chi connectivity index (χ3n) is 0.742. The number of aromatic nitrogens is 2. The average Bonchev–Trinajstić information content (AvgIpc) is 1.64. The monoisotopic (exact) mass is 149 g/mol. The molecule has 0 aliphatic heterocycles. The van der Waals surface area contributed by atoms with Gasteiger partial charge < -0.3 is 0 Å². The van der Waals surface area contributed by atoms with Crippen LogP contribution in [-0.4, -0.2) is 39.5 Å². The van der Waals surface area contributed by atoms with Crippen LogP contribution in [0.1, 0.15) is 5.69 Å². The van der Waals surface area contributed by atoms with E-state index in [2.05, 4.69) is 22.6 Å². The largest absolute Gasteiger partial charge is 0.260 e. The van der Waals surface area contributed by atoms with Gasteiger partial charge in [0.25, 0.3) is 0 Å². The van der Waals surface area contributed by atoms with E-state index in [1.54, 1.807) is 12.4 Å². The summed E-state index contributed by atoms with van der Waals surface area (Å²) >= 11 is 3.98. The van der Waals surface area contributed by atoms with E-state index in [0.29, 0.717) is 5.03 Å². The Hall–Kier alpha value is 0.430. The molecule has 1 rings (SSSR count). The van der Waals surface area contributed by atoms with Gasteiger partial charge in [-0.1, -0.05) is 0 Å². The third-order valence-corrected chi connectivity index (χ3v) is 0.958. The number of nitrogens with zero attached hydrogens (tertiary/aromatic N) is 2. The van der Waals surface area contributed by atoms with Gasteiger partial charge in [0.15, 0.2) is 0 Å². The van der Waals surface area contributed by atoms with Crippen molar-refractivity contribution in [2.75, 3.05) is 0 Å². The van der Waals surface area contributed by atoms with E-state index in [-0.39, 0.29) is 29.6 Å². The van der Waals surface area contributed by atoms with Gasteiger partial charge in [-0.25, -0.2) is 4.98 Å². The van der Waals surface area contributed by atoms with Gasteiger partial charge in [0.1, 0.15) is 5.03 Å². The zero-order chi connectivity index (χ0) is 5.98. The molecule has 0 bridgehead atoms. The predicted molar refractivity (Wildman–Crippen MR) is 39.8 cm³/mol. The number of aryl methyl sites for hydroxylation is 1. The molecule has 0 spiro atoms. The minimum Gasteiger partial charge on any atom is -0.260 e. The third kappa shape index (κ3) is 3.20. The van der Waals surface area contributed by atoms with Crippen LogP contribution in [0, 0.1) is 6.92 Å². The molecule has 1 aromatic rings. The molecular formula is C5H6N2NaS. The molecule has 0 aromatic carbocycles. The summed E-state index contributed by atoms with van der Waals surface area (Å²) in [6.07, 6.45) is 3.30. The summed E-state index contributed by atoms with van der Waals surface area (Å²) in [5, 5.41) is 0.671. The second-order valence-corrected chi connectivity index (χ2v) is 1.98. The standard InChI is InChI=1S/C5H6N2S.Na/c1-4-2-6-3-5(8)7-4;/h2-3H,1H3,(H,7,8);. The molecule has 0 saturated carbocycles. The summed E-state index contributed by atoms with van der Waals surface area (Å²) in [7, 11) is 0. The Morgan fingerprint density at radius 2 is 2.11 bits per heavy atom. The van der Waals surface area contributed by atoms with Gasteiger partial charge in [-0.2, -0.15) is 0 Å². The van der Waals surface area contributed by atoms with Gasteiger partial charge in [-0.05, 0) is 6.92 Å². The molecule has 0 aliphatic carbocycles. The summed E-state index contributed by atoms with van der Waals surface area (Å²) in [5.41, 5.74) is 0.900. The van der Waals surface area contributed by atoms with Crippen molar-refractivity contribution in [2.24, 2.45) is 0 Å². The molecule has 0 amide bonds. The van der Waals surface area contributed by atoms with E-state index in [9.17, 15) is 0 Å². The van der Waals surface area contributed by atoms with Crippen LogP contribution in [0.4, 0.5) is 0 Å². The first kappa shape index (κ1) is 9.43. The van der Waals surface area contributed by atoms with Crippen molar-refractivity contribution in [1.29, 1.82) is 0 Å². The van der Waals surface area contributed by atoms with Gasteiger partial charge in [-0.3, -0.25) is 4.98 Å². The molecule has 0 atom stereocenters. The van der Waals surface area contributed by atoms with Crippen LogP contribution in [0.5, 0.6) is 0 Å². The van der Waals surface area contributed by atoms with Crippen LogP contribution < -0.4 is 0 Å². The quantitative estimate of drug-likeness (QED) is 0.434. The maximum Gasteiger partial charge on any atom is 0.112 e. The van der Waals surface area contributed by atoms with Crippen molar-refractivity contribution >= 4 is 42.2 Å². The maximum absolute atomic E-state index is 3.98. The van der Waals surface area contributed by atoms with Gasteiger partial charge in [0, 0.05) is 35.8 Å². The summed E-state index contributed by atoms with van der Waals surface area (Å²) in [5.74, 6) is 0. The van der Waals surface area contributed by atoms with E-state index in [4.69, 9.17) is 0 Å². The van der Waals surface area contributed by atoms with Crippen molar-refractivity contribution in [3.05, 3.63) is 18.1 Å². The molecule has 1 heterocycles. The van der Waals surface area contributed by atoms with Crippen molar-refractivity contribution in [3.63, 3.8) is 0 Å². The summed E-state index contributed by atoms with van der Waals surface area (Å²) in [6.45, 7) is 1.88. The van der Waals surface area contributed by atoms with Crippen LogP contribution in [-0.2, 0) is 0 Å². The van der Waals surface area contributed by atoms with Crippen molar-refractivity contribution in [1.82, 2.24) is 9.97 Å². The topological polar surface area (TPSA) is 25.8 Å². The molecule has 1 radical (unpaired) electrons. The zero-order valence-electron chi connectivity index (χ0n) is 5.50. The Balaban J connectivity index is 0.000000640. The van der Waals surface area contributed by atoms with Crippen LogP contribution >= 0.6 is 12.6 Å². The second-order valence-electron chi connectivity index (χ2n) is 1.52. The molecule has 9 heavy (non-hydrogen) atoms. The summed E-state index contributed by atoms with van der Waals surface area (Å²) in [6, 6.07) is 0. The van der Waals surface area contributed by atoms with Crippen LogP contribution in [0.3, 0.4) is 0 Å². The fourth-order valence-corrected chi connectivity index (χ4v) is 0.675. The first-order valence-corrected chi connectivity index (χ1v) is 2.71. The maximum atomic E-state index is 3.98. The van der Waals surface area contributed by atoms with E-state index < -0.39 is 0 Å². The number of thiol groups is 1. The minimum absolute atomic E-state index is 0. The normalized spacial score (nSPS) is 8.22. The zero-order valence-corrected chi connectivity index (χ0v) is 8.39. The first-order valence-electron chi connectivity index (χ1n) is 2.26. The Labute approximate surface area is 81.8 Å². The fraction of sp³-hybridized carbons (Fsp3) is 0.200. The molecular weight excluding hydrogens is 143 g/mol. The molecule has 0 saturated heterocycles. The Morgan fingerprint density at radius 3 is 2.44 bits per heavy atom. The second kappa shape index (κ2) is 4.28. The molecule has 0 fully saturated rings. The molecule has 1 aromatic heterocycles. The van der Waals surface area contributed by atoms with Gasteiger partial charge in [-0.15, -0.1) is 12.6 Å². The number of hydrogen-bond acceptors (Lipinski definition) is 3. The Morgan fingerprint density at radius 1 is 1.44 bits per heavy atom. The van der Waals surface area contributed by atoms with E-state index in [0.717, 1.165) is 5.69 Å². The Bertz CT molecular complexity index is 175. The van der Waals surface area contributed by atoms with Crippen LogP contribution in [0.2, 0.25) is 0 Å². The predicted octanol–water partition coefficient (Wildman–Crippen LogP) is 0.693. The van der Waals surface area contributed by atoms with Gasteiger partial charge in [0.05, 0.1) is 11.9 Å². The summed E-state index contributed by atoms with van der Waals surface area (Å²) in [4.78, 5) is 7.82. The SMILES string of the molecule is Cc1cncc(S)n1.[Na]. The van der Waals surface area contributed by atoms with Crippen LogP contribution in [0.25, 0.3) is 0 Å². The van der Waals surface area contributed by atoms with Gasteiger partial charge >= 0.3 is 0 Å². The minimum atomic E-state index is 0. The van der Waals surface area contributed by atoms with Crippen molar-refractivity contribution < 1.29 is 0 Å². The molecule has 2 nitrogen and oxygen atoms in total. The van der Waals surface area contributed by atoms with E-state index in [1.807, 2.05) is 6.92 Å². The summed E-state index contributed by atoms with van der Waals surface area (Å²) < 4.78 is 0. The molecule has 0 unspecified atom stereocenters. The molecule has 0 aliphatic rings. The Kier molecular flexibility index (Phi) is 4.48. The fourth-order valence-electron chi connectivity index (χ4n) is 0.450. The number of rotatable bonds is 0. The number of hydrogen-bond donors (Lipinski definition) is 1. The van der Waals surface area contributed by atoms with Crippen molar-refractivity contribution in [3.8, 4) is 0 Å². The smallest absolute Gasteiger partial charge is 0.112 e. The van der Waals surface area contributed by atoms with Crippen LogP contribution in [0.15, 0.2) is 17.4 Å². The average molecular weight is 149 g/mol. The van der Waals surface area contributed by atoms with E-state index >= 15 is 0 Å². The molecule has 0 N–H and O–H groups in total. The van der Waals surface area contributed by atoms with E-state index in [1.165, 1.54) is 0 Å². The van der Waals surface area contributed by atoms with Crippen molar-refractivity contribution in [2.45, 2.75) is 11.9 Å². The first-order chi connectivity index (χ1) is 3.79. The molecule has 43 valence electrons. The molecule has 4 heteroatoms.